The molecule has 2 N–H and O–H groups in total. The van der Waals surface area contributed by atoms with Gasteiger partial charge in [-0.2, -0.15) is 0 Å². The second kappa shape index (κ2) is 5.29. The number of ether oxygens (including phenoxy) is 1. The Morgan fingerprint density at radius 2 is 1.89 bits per heavy atom. The van der Waals surface area contributed by atoms with Crippen molar-refractivity contribution in [3.05, 3.63) is 23.8 Å². The summed E-state index contributed by atoms with van der Waals surface area (Å²) in [6.07, 6.45) is 3.43. The van der Waals surface area contributed by atoms with Gasteiger partial charge in [0.15, 0.2) is 0 Å². The van der Waals surface area contributed by atoms with Crippen molar-refractivity contribution in [1.29, 1.82) is 0 Å². The van der Waals surface area contributed by atoms with Crippen molar-refractivity contribution >= 4 is 5.97 Å². The summed E-state index contributed by atoms with van der Waals surface area (Å²) in [5.74, 6) is 0.263. The van der Waals surface area contributed by atoms with Crippen LogP contribution in [0.25, 0.3) is 0 Å². The lowest BCUT2D eigenvalue weighted by atomic mass is 9.82. The Labute approximate surface area is 106 Å². The summed E-state index contributed by atoms with van der Waals surface area (Å²) in [6.45, 7) is 1.43. The fraction of sp³-hybridized carbons (Fsp3) is 0.500. The summed E-state index contributed by atoms with van der Waals surface area (Å²) in [7, 11) is 0. The van der Waals surface area contributed by atoms with Crippen molar-refractivity contribution in [2.45, 2.75) is 44.6 Å². The van der Waals surface area contributed by atoms with Gasteiger partial charge in [0.2, 0.25) is 0 Å². The molecule has 0 spiro atoms. The topological polar surface area (TPSA) is 66.8 Å². The molecule has 18 heavy (non-hydrogen) atoms. The fourth-order valence-electron chi connectivity index (χ4n) is 2.60. The van der Waals surface area contributed by atoms with E-state index in [4.69, 9.17) is 4.74 Å². The van der Waals surface area contributed by atoms with Crippen LogP contribution in [0.1, 0.15) is 44.1 Å². The van der Waals surface area contributed by atoms with E-state index in [1.807, 2.05) is 0 Å². The predicted molar refractivity (Wildman–Crippen MR) is 66.5 cm³/mol. The molecule has 1 aromatic rings. The molecule has 2 rings (SSSR count). The van der Waals surface area contributed by atoms with E-state index in [-0.39, 0.29) is 29.5 Å². The monoisotopic (exact) mass is 250 g/mol. The van der Waals surface area contributed by atoms with E-state index < -0.39 is 0 Å². The minimum Gasteiger partial charge on any atom is -0.508 e. The highest BCUT2D eigenvalue weighted by Gasteiger charge is 2.25. The Morgan fingerprint density at radius 1 is 1.22 bits per heavy atom. The van der Waals surface area contributed by atoms with Gasteiger partial charge in [-0.05, 0) is 43.2 Å². The van der Waals surface area contributed by atoms with Crippen LogP contribution in [0.3, 0.4) is 0 Å². The van der Waals surface area contributed by atoms with Crippen LogP contribution in [0, 0.1) is 0 Å². The lowest BCUT2D eigenvalue weighted by Gasteiger charge is -2.28. The molecule has 1 aliphatic carbocycles. The van der Waals surface area contributed by atoms with E-state index in [0.29, 0.717) is 0 Å². The van der Waals surface area contributed by atoms with Gasteiger partial charge in [-0.3, -0.25) is 4.79 Å². The molecular weight excluding hydrogens is 232 g/mol. The van der Waals surface area contributed by atoms with Crippen LogP contribution in [0.15, 0.2) is 18.2 Å². The smallest absolute Gasteiger partial charge is 0.302 e. The van der Waals surface area contributed by atoms with E-state index in [1.165, 1.54) is 13.0 Å². The Morgan fingerprint density at radius 3 is 2.44 bits per heavy atom. The molecule has 0 amide bonds. The van der Waals surface area contributed by atoms with Crippen molar-refractivity contribution in [3.63, 3.8) is 0 Å². The second-order valence-corrected chi connectivity index (χ2v) is 4.83. The number of hydrogen-bond acceptors (Lipinski definition) is 4. The second-order valence-electron chi connectivity index (χ2n) is 4.83. The molecule has 0 unspecified atom stereocenters. The third kappa shape index (κ3) is 2.94. The van der Waals surface area contributed by atoms with Gasteiger partial charge in [0.05, 0.1) is 0 Å². The van der Waals surface area contributed by atoms with Crippen LogP contribution in [0.2, 0.25) is 0 Å². The van der Waals surface area contributed by atoms with Crippen LogP contribution >= 0.6 is 0 Å². The first-order valence-electron chi connectivity index (χ1n) is 6.25. The molecule has 98 valence electrons. The highest BCUT2D eigenvalue weighted by molar-refractivity contribution is 5.66. The van der Waals surface area contributed by atoms with Crippen molar-refractivity contribution in [2.75, 3.05) is 0 Å². The predicted octanol–water partition coefficient (Wildman–Crippen LogP) is 2.69. The summed E-state index contributed by atoms with van der Waals surface area (Å²) in [4.78, 5) is 10.9. The molecule has 0 bridgehead atoms. The van der Waals surface area contributed by atoms with Gasteiger partial charge in [0, 0.05) is 13.0 Å². The van der Waals surface area contributed by atoms with Crippen LogP contribution in [0.4, 0.5) is 0 Å². The minimum absolute atomic E-state index is 0.0120. The summed E-state index contributed by atoms with van der Waals surface area (Å²) in [6, 6.07) is 4.72. The SMILES string of the molecule is CC(=O)OC1CCC(c2ccc(O)cc2O)CC1. The number of phenolic OH excluding ortho intramolecular Hbond substituents is 2. The molecule has 0 aromatic heterocycles. The third-order valence-electron chi connectivity index (χ3n) is 3.46. The van der Waals surface area contributed by atoms with E-state index in [0.717, 1.165) is 31.2 Å². The molecule has 4 heteroatoms. The summed E-state index contributed by atoms with van der Waals surface area (Å²) in [5.41, 5.74) is 0.870. The van der Waals surface area contributed by atoms with Crippen LogP contribution in [-0.4, -0.2) is 22.3 Å². The molecule has 0 radical (unpaired) electrons. The standard InChI is InChI=1S/C14H18O4/c1-9(15)18-12-5-2-10(3-6-12)13-7-4-11(16)8-14(13)17/h4,7-8,10,12,16-17H,2-3,5-6H2,1H3. The van der Waals surface area contributed by atoms with E-state index >= 15 is 0 Å². The Balaban J connectivity index is 1.99. The third-order valence-corrected chi connectivity index (χ3v) is 3.46. The number of rotatable bonds is 2. The molecule has 1 aliphatic rings. The van der Waals surface area contributed by atoms with Crippen LogP contribution < -0.4 is 0 Å². The molecule has 1 fully saturated rings. The average Bonchev–Trinajstić information content (AvgIpc) is 2.30. The molecule has 0 heterocycles. The normalized spacial score (nSPS) is 23.6. The van der Waals surface area contributed by atoms with Gasteiger partial charge >= 0.3 is 5.97 Å². The first-order valence-corrected chi connectivity index (χ1v) is 6.25. The average molecular weight is 250 g/mol. The number of carbonyl (C=O) groups is 1. The first kappa shape index (κ1) is 12.7. The van der Waals surface area contributed by atoms with Crippen LogP contribution in [-0.2, 0) is 9.53 Å². The van der Waals surface area contributed by atoms with Gasteiger partial charge in [-0.25, -0.2) is 0 Å². The lowest BCUT2D eigenvalue weighted by Crippen LogP contribution is -2.22. The van der Waals surface area contributed by atoms with E-state index in [1.54, 1.807) is 12.1 Å². The molecule has 0 saturated heterocycles. The van der Waals surface area contributed by atoms with Gasteiger partial charge in [-0.1, -0.05) is 6.07 Å². The largest absolute Gasteiger partial charge is 0.508 e. The quantitative estimate of drug-likeness (QED) is 0.792. The Bertz CT molecular complexity index is 433. The van der Waals surface area contributed by atoms with Gasteiger partial charge in [0.1, 0.15) is 17.6 Å². The minimum atomic E-state index is -0.231. The van der Waals surface area contributed by atoms with Gasteiger partial charge in [0.25, 0.3) is 0 Å². The molecule has 4 nitrogen and oxygen atoms in total. The lowest BCUT2D eigenvalue weighted by molar-refractivity contribution is -0.147. The number of esters is 1. The van der Waals surface area contributed by atoms with E-state index in [2.05, 4.69) is 0 Å². The van der Waals surface area contributed by atoms with Crippen molar-refractivity contribution in [1.82, 2.24) is 0 Å². The zero-order valence-corrected chi connectivity index (χ0v) is 10.4. The summed E-state index contributed by atoms with van der Waals surface area (Å²) < 4.78 is 5.18. The molecule has 1 aromatic carbocycles. The zero-order valence-electron chi connectivity index (χ0n) is 10.4. The highest BCUT2D eigenvalue weighted by atomic mass is 16.5. The van der Waals surface area contributed by atoms with E-state index in [9.17, 15) is 15.0 Å². The molecular formula is C14H18O4. The number of benzene rings is 1. The summed E-state index contributed by atoms with van der Waals surface area (Å²) >= 11 is 0. The zero-order chi connectivity index (χ0) is 13.1. The van der Waals surface area contributed by atoms with Crippen LogP contribution in [0.5, 0.6) is 11.5 Å². The van der Waals surface area contributed by atoms with Gasteiger partial charge < -0.3 is 14.9 Å². The Hall–Kier alpha value is -1.71. The number of carbonyl (C=O) groups excluding carboxylic acids is 1. The van der Waals surface area contributed by atoms with Crippen molar-refractivity contribution < 1.29 is 19.7 Å². The maximum absolute atomic E-state index is 10.9. The van der Waals surface area contributed by atoms with Crippen molar-refractivity contribution in [3.8, 4) is 11.5 Å². The fourth-order valence-corrected chi connectivity index (χ4v) is 2.60. The maximum atomic E-state index is 10.9. The number of phenols is 2. The Kier molecular flexibility index (Phi) is 3.75. The summed E-state index contributed by atoms with van der Waals surface area (Å²) in [5, 5.41) is 19.1. The number of aromatic hydroxyl groups is 2. The maximum Gasteiger partial charge on any atom is 0.302 e. The molecule has 1 saturated carbocycles. The molecule has 0 atom stereocenters. The van der Waals surface area contributed by atoms with Gasteiger partial charge in [-0.15, -0.1) is 0 Å². The van der Waals surface area contributed by atoms with Crippen molar-refractivity contribution in [2.24, 2.45) is 0 Å². The number of hydrogen-bond donors (Lipinski definition) is 2. The molecule has 0 aliphatic heterocycles. The highest BCUT2D eigenvalue weighted by Crippen LogP contribution is 2.39. The first-order chi connectivity index (χ1) is 8.56.